The Labute approximate surface area is 113 Å². The van der Waals surface area contributed by atoms with Gasteiger partial charge in [-0.3, -0.25) is 0 Å². The fourth-order valence-corrected chi connectivity index (χ4v) is 1.34. The third kappa shape index (κ3) is 5.65. The predicted molar refractivity (Wildman–Crippen MR) is 68.3 cm³/mol. The molecule has 1 rings (SSSR count). The molecule has 3 nitrogen and oxygen atoms in total. The number of hydrogen-bond acceptors (Lipinski definition) is 1. The van der Waals surface area contributed by atoms with Crippen molar-refractivity contribution in [2.24, 2.45) is 0 Å². The molecule has 0 fully saturated rings. The van der Waals surface area contributed by atoms with Crippen molar-refractivity contribution >= 4 is 23.3 Å². The van der Waals surface area contributed by atoms with Crippen molar-refractivity contribution in [3.63, 3.8) is 0 Å². The molecule has 0 atom stereocenters. The van der Waals surface area contributed by atoms with E-state index in [1.165, 1.54) is 12.1 Å². The Morgan fingerprint density at radius 3 is 2.37 bits per heavy atom. The van der Waals surface area contributed by atoms with Gasteiger partial charge in [0.1, 0.15) is 0 Å². The van der Waals surface area contributed by atoms with Crippen LogP contribution in [0.15, 0.2) is 36.4 Å². The van der Waals surface area contributed by atoms with E-state index in [4.69, 9.17) is 11.6 Å². The molecular weight excluding hydrogens is 281 g/mol. The van der Waals surface area contributed by atoms with E-state index in [0.29, 0.717) is 12.4 Å². The fraction of sp³-hybridized carbons (Fsp3) is 0.250. The van der Waals surface area contributed by atoms with Crippen LogP contribution in [0.25, 0.3) is 0 Å². The van der Waals surface area contributed by atoms with Crippen LogP contribution >= 0.6 is 11.6 Å². The number of hydrogen-bond donors (Lipinski definition) is 2. The lowest BCUT2D eigenvalue weighted by atomic mass is 10.2. The van der Waals surface area contributed by atoms with E-state index >= 15 is 0 Å². The first-order valence-electron chi connectivity index (χ1n) is 5.36. The first-order valence-corrected chi connectivity index (χ1v) is 5.90. The Bertz CT molecular complexity index is 443. The highest BCUT2D eigenvalue weighted by Crippen LogP contribution is 2.29. The minimum atomic E-state index is -4.38. The number of benzene rings is 1. The van der Waals surface area contributed by atoms with Crippen molar-refractivity contribution in [3.8, 4) is 0 Å². The summed E-state index contributed by atoms with van der Waals surface area (Å²) >= 11 is 5.39. The van der Waals surface area contributed by atoms with Gasteiger partial charge in [0.15, 0.2) is 0 Å². The maximum atomic E-state index is 12.3. The molecule has 0 aromatic heterocycles. The van der Waals surface area contributed by atoms with E-state index in [0.717, 1.165) is 12.1 Å². The number of carbonyl (C=O) groups is 1. The molecule has 0 saturated carbocycles. The van der Waals surface area contributed by atoms with Crippen molar-refractivity contribution in [2.45, 2.75) is 6.18 Å². The van der Waals surface area contributed by atoms with Gasteiger partial charge in [-0.15, -0.1) is 11.6 Å². The third-order valence-electron chi connectivity index (χ3n) is 2.11. The number of alkyl halides is 4. The number of carbonyl (C=O) groups excluding carboxylic acids is 1. The molecule has 2 N–H and O–H groups in total. The van der Waals surface area contributed by atoms with Crippen molar-refractivity contribution in [1.82, 2.24) is 5.32 Å². The smallest absolute Gasteiger partial charge is 0.334 e. The molecule has 0 spiro atoms. The minimum Gasteiger partial charge on any atom is -0.334 e. The summed E-state index contributed by atoms with van der Waals surface area (Å²) in [5, 5.41) is 4.91. The van der Waals surface area contributed by atoms with Gasteiger partial charge in [0, 0.05) is 18.1 Å². The Hall–Kier alpha value is -1.69. The van der Waals surface area contributed by atoms with E-state index < -0.39 is 17.8 Å². The predicted octanol–water partition coefficient (Wildman–Crippen LogP) is 3.62. The molecule has 1 aromatic rings. The standard InChI is InChI=1S/C12H12ClF3N2O/c13-7-1-2-8-17-11(19)18-10-5-3-9(4-6-10)12(14,15)16/h1-6H,7-8H2,(H2,17,18,19)/b2-1+. The second-order valence-corrected chi connectivity index (χ2v) is 3.84. The zero-order valence-electron chi connectivity index (χ0n) is 9.80. The quantitative estimate of drug-likeness (QED) is 0.646. The molecule has 0 radical (unpaired) electrons. The number of anilines is 1. The Morgan fingerprint density at radius 1 is 1.21 bits per heavy atom. The molecular formula is C12H12ClF3N2O. The van der Waals surface area contributed by atoms with Crippen LogP contribution in [0.5, 0.6) is 0 Å². The summed E-state index contributed by atoms with van der Waals surface area (Å²) in [6, 6.07) is 3.69. The topological polar surface area (TPSA) is 41.1 Å². The van der Waals surface area contributed by atoms with Crippen LogP contribution in [0, 0.1) is 0 Å². The average molecular weight is 293 g/mol. The summed E-state index contributed by atoms with van der Waals surface area (Å²) in [6.45, 7) is 0.291. The maximum Gasteiger partial charge on any atom is 0.416 e. The van der Waals surface area contributed by atoms with Gasteiger partial charge in [0.25, 0.3) is 0 Å². The summed E-state index contributed by atoms with van der Waals surface area (Å²) < 4.78 is 36.9. The van der Waals surface area contributed by atoms with Gasteiger partial charge in [-0.25, -0.2) is 4.79 Å². The van der Waals surface area contributed by atoms with Crippen LogP contribution in [-0.2, 0) is 6.18 Å². The average Bonchev–Trinajstić information content (AvgIpc) is 2.34. The monoisotopic (exact) mass is 292 g/mol. The van der Waals surface area contributed by atoms with Crippen molar-refractivity contribution in [3.05, 3.63) is 42.0 Å². The van der Waals surface area contributed by atoms with Gasteiger partial charge in [-0.2, -0.15) is 13.2 Å². The zero-order valence-corrected chi connectivity index (χ0v) is 10.6. The lowest BCUT2D eigenvalue weighted by Gasteiger charge is -2.09. The zero-order chi connectivity index (χ0) is 14.3. The fourth-order valence-electron chi connectivity index (χ4n) is 1.22. The lowest BCUT2D eigenvalue weighted by molar-refractivity contribution is -0.137. The van der Waals surface area contributed by atoms with Gasteiger partial charge < -0.3 is 10.6 Å². The number of amides is 2. The molecule has 2 amide bonds. The lowest BCUT2D eigenvalue weighted by Crippen LogP contribution is -2.28. The molecule has 0 heterocycles. The van der Waals surface area contributed by atoms with E-state index in [1.807, 2.05) is 0 Å². The second kappa shape index (κ2) is 7.04. The molecule has 0 aliphatic rings. The first-order chi connectivity index (χ1) is 8.93. The van der Waals surface area contributed by atoms with E-state index in [-0.39, 0.29) is 5.69 Å². The van der Waals surface area contributed by atoms with Gasteiger partial charge in [-0.05, 0) is 24.3 Å². The van der Waals surface area contributed by atoms with Crippen LogP contribution in [0.1, 0.15) is 5.56 Å². The summed E-state index contributed by atoms with van der Waals surface area (Å²) in [7, 11) is 0. The highest BCUT2D eigenvalue weighted by Gasteiger charge is 2.29. The number of urea groups is 1. The van der Waals surface area contributed by atoms with Gasteiger partial charge in [0.05, 0.1) is 5.56 Å². The van der Waals surface area contributed by atoms with E-state index in [1.54, 1.807) is 12.2 Å². The summed E-state index contributed by atoms with van der Waals surface area (Å²) in [5.41, 5.74) is -0.477. The molecule has 1 aromatic carbocycles. The van der Waals surface area contributed by atoms with Crippen LogP contribution < -0.4 is 10.6 Å². The molecule has 0 saturated heterocycles. The minimum absolute atomic E-state index is 0.284. The highest BCUT2D eigenvalue weighted by molar-refractivity contribution is 6.18. The Balaban J connectivity index is 2.49. The SMILES string of the molecule is O=C(NC/C=C/CCl)Nc1ccc(C(F)(F)F)cc1. The van der Waals surface area contributed by atoms with Crippen LogP contribution in [0.2, 0.25) is 0 Å². The molecule has 0 bridgehead atoms. The molecule has 0 unspecified atom stereocenters. The largest absolute Gasteiger partial charge is 0.416 e. The van der Waals surface area contributed by atoms with Crippen LogP contribution in [0.3, 0.4) is 0 Å². The van der Waals surface area contributed by atoms with E-state index in [2.05, 4.69) is 10.6 Å². The summed E-state index contributed by atoms with van der Waals surface area (Å²) in [5.74, 6) is 0.349. The van der Waals surface area contributed by atoms with Gasteiger partial charge in [0.2, 0.25) is 0 Å². The number of halogens is 4. The number of allylic oxidation sites excluding steroid dienone is 1. The molecule has 7 heteroatoms. The Kier molecular flexibility index (Phi) is 5.69. The van der Waals surface area contributed by atoms with Crippen molar-refractivity contribution in [2.75, 3.05) is 17.7 Å². The van der Waals surface area contributed by atoms with Gasteiger partial charge >= 0.3 is 12.2 Å². The molecule has 0 aliphatic heterocycles. The number of nitrogens with one attached hydrogen (secondary N) is 2. The normalized spacial score (nSPS) is 11.6. The second-order valence-electron chi connectivity index (χ2n) is 3.54. The van der Waals surface area contributed by atoms with Crippen LogP contribution in [-0.4, -0.2) is 18.5 Å². The van der Waals surface area contributed by atoms with Crippen molar-refractivity contribution < 1.29 is 18.0 Å². The Morgan fingerprint density at radius 2 is 1.84 bits per heavy atom. The van der Waals surface area contributed by atoms with Gasteiger partial charge in [-0.1, -0.05) is 12.2 Å². The summed E-state index contributed by atoms with van der Waals surface area (Å²) in [6.07, 6.45) is -1.05. The maximum absolute atomic E-state index is 12.3. The number of rotatable bonds is 4. The third-order valence-corrected chi connectivity index (χ3v) is 2.28. The van der Waals surface area contributed by atoms with Crippen molar-refractivity contribution in [1.29, 1.82) is 0 Å². The molecule has 19 heavy (non-hydrogen) atoms. The van der Waals surface area contributed by atoms with Crippen LogP contribution in [0.4, 0.5) is 23.7 Å². The molecule has 104 valence electrons. The highest BCUT2D eigenvalue weighted by atomic mass is 35.5. The molecule has 0 aliphatic carbocycles. The summed E-state index contributed by atoms with van der Waals surface area (Å²) in [4.78, 5) is 11.3. The first kappa shape index (κ1) is 15.4. The van der Waals surface area contributed by atoms with E-state index in [9.17, 15) is 18.0 Å².